The normalized spacial score (nSPS) is 11.8. The first-order valence-electron chi connectivity index (χ1n) is 19.4. The number of aromatic nitrogens is 3. The summed E-state index contributed by atoms with van der Waals surface area (Å²) in [6.07, 6.45) is 0. The summed E-state index contributed by atoms with van der Waals surface area (Å²) in [6, 6.07) is 65.4. The molecule has 0 bridgehead atoms. The van der Waals surface area contributed by atoms with E-state index in [9.17, 15) is 0 Å². The van der Waals surface area contributed by atoms with Crippen molar-refractivity contribution in [1.29, 1.82) is 0 Å². The van der Waals surface area contributed by atoms with Crippen LogP contribution in [0.4, 0.5) is 0 Å². The van der Waals surface area contributed by atoms with Crippen LogP contribution in [0.25, 0.3) is 122 Å². The highest BCUT2D eigenvalue weighted by Gasteiger charge is 2.17. The van der Waals surface area contributed by atoms with Crippen LogP contribution in [0.15, 0.2) is 197 Å². The van der Waals surface area contributed by atoms with Crippen molar-refractivity contribution in [3.8, 4) is 56.4 Å². The highest BCUT2D eigenvalue weighted by atomic mass is 16.3. The highest BCUT2D eigenvalue weighted by molar-refractivity contribution is 6.14. The number of hydrogen-bond donors (Lipinski definition) is 0. The molecule has 12 rings (SSSR count). The average Bonchev–Trinajstić information content (AvgIpc) is 3.86. The maximum absolute atomic E-state index is 6.42. The summed E-state index contributed by atoms with van der Waals surface area (Å²) in [4.78, 5) is 15.0. The van der Waals surface area contributed by atoms with Crippen LogP contribution >= 0.6 is 0 Å². The SMILES string of the molecule is c1ccc(-c2nc(-c3ccc4cc(-c5cccc6oc7ccc(-c8ccc9ccccc9c8)cc7c56)ccc4c3)nc(-c3ccc4c(c3)oc3ccccc34)n2)cc1. The third-order valence-electron chi connectivity index (χ3n) is 11.3. The van der Waals surface area contributed by atoms with E-state index in [2.05, 4.69) is 133 Å². The minimum absolute atomic E-state index is 0.589. The van der Waals surface area contributed by atoms with Crippen molar-refractivity contribution in [1.82, 2.24) is 15.0 Å². The molecule has 0 saturated heterocycles. The lowest BCUT2D eigenvalue weighted by Gasteiger charge is -2.10. The molecule has 0 saturated carbocycles. The molecule has 0 aliphatic rings. The van der Waals surface area contributed by atoms with Crippen LogP contribution in [-0.2, 0) is 0 Å². The van der Waals surface area contributed by atoms with Crippen LogP contribution in [0, 0.1) is 0 Å². The van der Waals surface area contributed by atoms with Gasteiger partial charge in [-0.15, -0.1) is 0 Å². The summed E-state index contributed by atoms with van der Waals surface area (Å²) in [5, 5.41) is 9.05. The Morgan fingerprint density at radius 3 is 1.67 bits per heavy atom. The summed E-state index contributed by atoms with van der Waals surface area (Å²) < 4.78 is 12.7. The monoisotopic (exact) mass is 741 g/mol. The zero-order valence-electron chi connectivity index (χ0n) is 31.1. The number of fused-ring (bicyclic) bond motifs is 8. The summed E-state index contributed by atoms with van der Waals surface area (Å²) >= 11 is 0. The average molecular weight is 742 g/mol. The smallest absolute Gasteiger partial charge is 0.164 e. The topological polar surface area (TPSA) is 65.0 Å². The van der Waals surface area contributed by atoms with Crippen LogP contribution in [0.2, 0.25) is 0 Å². The molecule has 58 heavy (non-hydrogen) atoms. The van der Waals surface area contributed by atoms with Gasteiger partial charge < -0.3 is 8.83 Å². The molecule has 270 valence electrons. The molecule has 0 aliphatic carbocycles. The van der Waals surface area contributed by atoms with E-state index in [0.717, 1.165) is 88.0 Å². The van der Waals surface area contributed by atoms with E-state index in [1.54, 1.807) is 0 Å². The largest absolute Gasteiger partial charge is 0.456 e. The Bertz CT molecular complexity index is 3580. The van der Waals surface area contributed by atoms with Crippen LogP contribution < -0.4 is 0 Å². The maximum Gasteiger partial charge on any atom is 0.164 e. The van der Waals surface area contributed by atoms with E-state index < -0.39 is 0 Å². The lowest BCUT2D eigenvalue weighted by Crippen LogP contribution is -2.00. The van der Waals surface area contributed by atoms with Gasteiger partial charge in [0.15, 0.2) is 17.5 Å². The quantitative estimate of drug-likeness (QED) is 0.176. The molecule has 0 amide bonds. The van der Waals surface area contributed by atoms with Gasteiger partial charge in [-0.05, 0) is 98.4 Å². The highest BCUT2D eigenvalue weighted by Crippen LogP contribution is 2.40. The third-order valence-corrected chi connectivity index (χ3v) is 11.3. The van der Waals surface area contributed by atoms with Gasteiger partial charge in [0.25, 0.3) is 0 Å². The molecule has 9 aromatic carbocycles. The van der Waals surface area contributed by atoms with Gasteiger partial charge in [0.05, 0.1) is 0 Å². The van der Waals surface area contributed by atoms with E-state index in [0.29, 0.717) is 17.5 Å². The predicted octanol–water partition coefficient (Wildman–Crippen LogP) is 14.3. The van der Waals surface area contributed by atoms with Crippen LogP contribution in [-0.4, -0.2) is 15.0 Å². The number of para-hydroxylation sites is 1. The van der Waals surface area contributed by atoms with Crippen LogP contribution in [0.1, 0.15) is 0 Å². The van der Waals surface area contributed by atoms with Gasteiger partial charge in [-0.2, -0.15) is 0 Å². The molecule has 0 unspecified atom stereocenters. The van der Waals surface area contributed by atoms with Gasteiger partial charge in [0.2, 0.25) is 0 Å². The molecular formula is C53H31N3O2. The van der Waals surface area contributed by atoms with E-state index in [1.165, 1.54) is 16.3 Å². The first-order chi connectivity index (χ1) is 28.7. The van der Waals surface area contributed by atoms with Crippen molar-refractivity contribution in [2.45, 2.75) is 0 Å². The number of nitrogens with zero attached hydrogens (tertiary/aromatic N) is 3. The Kier molecular flexibility index (Phi) is 7.16. The Morgan fingerprint density at radius 2 is 0.810 bits per heavy atom. The Labute approximate surface area is 332 Å². The zero-order valence-corrected chi connectivity index (χ0v) is 31.1. The lowest BCUT2D eigenvalue weighted by molar-refractivity contribution is 0.668. The second-order valence-corrected chi connectivity index (χ2v) is 14.8. The molecule has 5 nitrogen and oxygen atoms in total. The molecule has 0 spiro atoms. The van der Waals surface area contributed by atoms with E-state index in [1.807, 2.05) is 54.6 Å². The maximum atomic E-state index is 6.42. The van der Waals surface area contributed by atoms with E-state index in [-0.39, 0.29) is 0 Å². The van der Waals surface area contributed by atoms with Crippen molar-refractivity contribution in [3.05, 3.63) is 188 Å². The zero-order chi connectivity index (χ0) is 38.2. The first kappa shape index (κ1) is 32.4. The molecule has 0 atom stereocenters. The number of rotatable bonds is 5. The van der Waals surface area contributed by atoms with Crippen molar-refractivity contribution in [2.75, 3.05) is 0 Å². The predicted molar refractivity (Wildman–Crippen MR) is 237 cm³/mol. The summed E-state index contributed by atoms with van der Waals surface area (Å²) in [5.74, 6) is 1.81. The fourth-order valence-corrected chi connectivity index (χ4v) is 8.38. The van der Waals surface area contributed by atoms with Crippen molar-refractivity contribution in [2.24, 2.45) is 0 Å². The summed E-state index contributed by atoms with van der Waals surface area (Å²) in [6.45, 7) is 0. The molecule has 12 aromatic rings. The number of hydrogen-bond acceptors (Lipinski definition) is 5. The van der Waals surface area contributed by atoms with Gasteiger partial charge in [-0.3, -0.25) is 0 Å². The Balaban J connectivity index is 0.945. The minimum atomic E-state index is 0.589. The fraction of sp³-hybridized carbons (Fsp3) is 0. The summed E-state index contributed by atoms with van der Waals surface area (Å²) in [5.41, 5.74) is 10.7. The van der Waals surface area contributed by atoms with Gasteiger partial charge in [-0.1, -0.05) is 133 Å². The van der Waals surface area contributed by atoms with Gasteiger partial charge >= 0.3 is 0 Å². The molecule has 0 fully saturated rings. The van der Waals surface area contributed by atoms with Crippen LogP contribution in [0.3, 0.4) is 0 Å². The summed E-state index contributed by atoms with van der Waals surface area (Å²) in [7, 11) is 0. The number of benzene rings is 9. The Hall–Kier alpha value is -7.89. The number of furan rings is 2. The molecular weight excluding hydrogens is 711 g/mol. The molecule has 3 aromatic heterocycles. The first-order valence-corrected chi connectivity index (χ1v) is 19.4. The Morgan fingerprint density at radius 1 is 0.276 bits per heavy atom. The minimum Gasteiger partial charge on any atom is -0.456 e. The van der Waals surface area contributed by atoms with Crippen LogP contribution in [0.5, 0.6) is 0 Å². The van der Waals surface area contributed by atoms with E-state index in [4.69, 9.17) is 23.8 Å². The van der Waals surface area contributed by atoms with Gasteiger partial charge in [-0.25, -0.2) is 15.0 Å². The molecule has 3 heterocycles. The van der Waals surface area contributed by atoms with E-state index >= 15 is 0 Å². The third kappa shape index (κ3) is 5.36. The van der Waals surface area contributed by atoms with Crippen molar-refractivity contribution in [3.63, 3.8) is 0 Å². The fourth-order valence-electron chi connectivity index (χ4n) is 8.38. The second kappa shape index (κ2) is 12.8. The van der Waals surface area contributed by atoms with Crippen molar-refractivity contribution >= 4 is 65.4 Å². The van der Waals surface area contributed by atoms with Crippen molar-refractivity contribution < 1.29 is 8.83 Å². The molecule has 0 radical (unpaired) electrons. The van der Waals surface area contributed by atoms with Gasteiger partial charge in [0, 0.05) is 38.2 Å². The lowest BCUT2D eigenvalue weighted by atomic mass is 9.95. The standard InChI is InChI=1S/C53H31N3O2/c1-2-10-33(11-3-1)51-54-52(56-53(55-51)41-23-25-44-43-13-6-7-15-46(43)58-49(44)31-41)40-22-20-36-28-39(21-19-37(36)29-40)42-14-8-16-48-50(42)45-30-38(24-26-47(45)57-48)35-18-17-32-9-4-5-12-34(32)27-35/h1-31H. The molecule has 0 N–H and O–H groups in total. The second-order valence-electron chi connectivity index (χ2n) is 14.8. The van der Waals surface area contributed by atoms with Gasteiger partial charge in [0.1, 0.15) is 22.3 Å². The molecule has 0 aliphatic heterocycles. The molecule has 5 heteroatoms.